The average molecular weight is 419 g/mol. The Labute approximate surface area is 168 Å². The van der Waals surface area contributed by atoms with E-state index in [4.69, 9.17) is 9.26 Å². The van der Waals surface area contributed by atoms with Gasteiger partial charge in [-0.3, -0.25) is 0 Å². The summed E-state index contributed by atoms with van der Waals surface area (Å²) in [7, 11) is -3.67. The van der Waals surface area contributed by atoms with Crippen molar-refractivity contribution in [3.8, 4) is 10.6 Å². The molecule has 0 aliphatic carbocycles. The second-order valence-corrected chi connectivity index (χ2v) is 9.79. The van der Waals surface area contributed by atoms with Crippen LogP contribution in [0.5, 0.6) is 0 Å². The summed E-state index contributed by atoms with van der Waals surface area (Å²) in [5.41, 5.74) is 1.60. The van der Waals surface area contributed by atoms with Crippen LogP contribution in [0.4, 0.5) is 0 Å². The zero-order valence-corrected chi connectivity index (χ0v) is 17.2. The van der Waals surface area contributed by atoms with Crippen LogP contribution in [-0.2, 0) is 21.3 Å². The van der Waals surface area contributed by atoms with Gasteiger partial charge in [-0.05, 0) is 43.3 Å². The molecule has 0 saturated carbocycles. The largest absolute Gasteiger partial charge is 0.377 e. The highest BCUT2D eigenvalue weighted by Gasteiger charge is 2.30. The summed E-state index contributed by atoms with van der Waals surface area (Å²) in [6.07, 6.45) is 1.72. The Morgan fingerprint density at radius 1 is 1.25 bits per heavy atom. The van der Waals surface area contributed by atoms with E-state index < -0.39 is 10.0 Å². The maximum atomic E-state index is 13.3. The van der Waals surface area contributed by atoms with E-state index in [1.165, 1.54) is 4.31 Å². The molecule has 4 rings (SSSR count). The molecule has 1 aliphatic heterocycles. The minimum Gasteiger partial charge on any atom is -0.377 e. The summed E-state index contributed by atoms with van der Waals surface area (Å²) < 4.78 is 39.1. The molecule has 1 aromatic carbocycles. The molecule has 0 amide bonds. The molecule has 0 spiro atoms. The molecular weight excluding hydrogens is 396 g/mol. The molecule has 3 heterocycles. The van der Waals surface area contributed by atoms with Crippen LogP contribution in [0.3, 0.4) is 0 Å². The average Bonchev–Trinajstić information content (AvgIpc) is 3.44. The number of benzene rings is 1. The minimum atomic E-state index is -3.67. The van der Waals surface area contributed by atoms with Crippen molar-refractivity contribution in [2.45, 2.75) is 37.3 Å². The van der Waals surface area contributed by atoms with Crippen molar-refractivity contribution in [2.75, 3.05) is 13.2 Å². The summed E-state index contributed by atoms with van der Waals surface area (Å²) in [6.45, 7) is 3.06. The fraction of sp³-hybridized carbons (Fsp3) is 0.350. The first-order chi connectivity index (χ1) is 13.5. The fourth-order valence-corrected chi connectivity index (χ4v) is 5.34. The molecule has 0 unspecified atom stereocenters. The van der Waals surface area contributed by atoms with E-state index in [0.29, 0.717) is 24.6 Å². The zero-order valence-electron chi connectivity index (χ0n) is 15.6. The van der Waals surface area contributed by atoms with Crippen LogP contribution in [0.15, 0.2) is 57.3 Å². The first kappa shape index (κ1) is 19.3. The third kappa shape index (κ3) is 4.20. The van der Waals surface area contributed by atoms with Gasteiger partial charge in [0.25, 0.3) is 0 Å². The molecule has 0 bridgehead atoms. The molecule has 1 fully saturated rings. The smallest absolute Gasteiger partial charge is 0.243 e. The Balaban J connectivity index is 1.60. The molecule has 1 aliphatic rings. The van der Waals surface area contributed by atoms with Crippen LogP contribution < -0.4 is 0 Å². The number of aromatic nitrogens is 1. The third-order valence-electron chi connectivity index (χ3n) is 4.75. The lowest BCUT2D eigenvalue weighted by Crippen LogP contribution is -2.37. The van der Waals surface area contributed by atoms with E-state index in [1.807, 2.05) is 36.6 Å². The van der Waals surface area contributed by atoms with Gasteiger partial charge in [0, 0.05) is 19.2 Å². The number of sulfonamides is 1. The summed E-state index contributed by atoms with van der Waals surface area (Å²) >= 11 is 1.55. The van der Waals surface area contributed by atoms with E-state index in [2.05, 4.69) is 5.16 Å². The number of rotatable bonds is 7. The Bertz CT molecular complexity index is 1000. The molecule has 2 aromatic heterocycles. The monoisotopic (exact) mass is 418 g/mol. The van der Waals surface area contributed by atoms with Gasteiger partial charge in [0.1, 0.15) is 0 Å². The third-order valence-corrected chi connectivity index (χ3v) is 7.46. The second-order valence-electron chi connectivity index (χ2n) is 6.91. The second kappa shape index (κ2) is 8.16. The Kier molecular flexibility index (Phi) is 5.63. The predicted octanol–water partition coefficient (Wildman–Crippen LogP) is 4.08. The summed E-state index contributed by atoms with van der Waals surface area (Å²) in [4.78, 5) is 1.24. The Morgan fingerprint density at radius 3 is 2.75 bits per heavy atom. The van der Waals surface area contributed by atoms with Crippen LogP contribution in [0, 0.1) is 6.92 Å². The number of nitrogens with zero attached hydrogens (tertiary/aromatic N) is 2. The summed E-state index contributed by atoms with van der Waals surface area (Å²) in [5, 5.41) is 6.05. The highest BCUT2D eigenvalue weighted by molar-refractivity contribution is 7.89. The van der Waals surface area contributed by atoms with E-state index in [9.17, 15) is 8.42 Å². The van der Waals surface area contributed by atoms with E-state index in [0.717, 1.165) is 23.3 Å². The Morgan fingerprint density at radius 2 is 2.07 bits per heavy atom. The quantitative estimate of drug-likeness (QED) is 0.578. The van der Waals surface area contributed by atoms with Gasteiger partial charge in [-0.1, -0.05) is 28.9 Å². The molecule has 0 N–H and O–H groups in total. The molecule has 1 saturated heterocycles. The number of hydrogen-bond donors (Lipinski definition) is 0. The van der Waals surface area contributed by atoms with Gasteiger partial charge in [0.05, 0.1) is 28.1 Å². The van der Waals surface area contributed by atoms with Gasteiger partial charge in [-0.25, -0.2) is 8.42 Å². The number of hydrogen-bond acceptors (Lipinski definition) is 6. The van der Waals surface area contributed by atoms with Crippen molar-refractivity contribution >= 4 is 21.4 Å². The van der Waals surface area contributed by atoms with E-state index in [-0.39, 0.29) is 17.5 Å². The van der Waals surface area contributed by atoms with Crippen molar-refractivity contribution < 1.29 is 17.7 Å². The lowest BCUT2D eigenvalue weighted by molar-refractivity contribution is 0.0922. The summed E-state index contributed by atoms with van der Waals surface area (Å²) in [6, 6.07) is 12.6. The topological polar surface area (TPSA) is 72.6 Å². The van der Waals surface area contributed by atoms with E-state index >= 15 is 0 Å². The number of ether oxygens (including phenoxy) is 1. The molecule has 3 aromatic rings. The van der Waals surface area contributed by atoms with Gasteiger partial charge in [0.2, 0.25) is 10.0 Å². The maximum absolute atomic E-state index is 13.3. The molecule has 8 heteroatoms. The van der Waals surface area contributed by atoms with Crippen LogP contribution in [0.1, 0.15) is 24.1 Å². The first-order valence-electron chi connectivity index (χ1n) is 9.20. The molecule has 6 nitrogen and oxygen atoms in total. The highest BCUT2D eigenvalue weighted by Crippen LogP contribution is 2.27. The zero-order chi connectivity index (χ0) is 19.6. The molecule has 28 heavy (non-hydrogen) atoms. The maximum Gasteiger partial charge on any atom is 0.243 e. The van der Waals surface area contributed by atoms with Crippen LogP contribution >= 0.6 is 11.3 Å². The van der Waals surface area contributed by atoms with Crippen molar-refractivity contribution in [1.29, 1.82) is 0 Å². The fourth-order valence-electron chi connectivity index (χ4n) is 3.22. The van der Waals surface area contributed by atoms with Gasteiger partial charge >= 0.3 is 0 Å². The normalized spacial score (nSPS) is 17.4. The van der Waals surface area contributed by atoms with Crippen LogP contribution in [0.2, 0.25) is 0 Å². The van der Waals surface area contributed by atoms with Crippen LogP contribution in [-0.4, -0.2) is 37.1 Å². The molecule has 0 radical (unpaired) electrons. The molecular formula is C20H22N2O4S2. The van der Waals surface area contributed by atoms with Crippen molar-refractivity contribution in [1.82, 2.24) is 9.46 Å². The van der Waals surface area contributed by atoms with Gasteiger partial charge in [-0.2, -0.15) is 4.31 Å². The molecule has 1 atom stereocenters. The number of thiophene rings is 1. The van der Waals surface area contributed by atoms with Gasteiger partial charge < -0.3 is 9.26 Å². The SMILES string of the molecule is Cc1ccc(S(=O)(=O)N(Cc2cc(-c3cccs3)on2)C[C@H]2CCCO2)cc1. The van der Waals surface area contributed by atoms with E-state index in [1.54, 1.807) is 29.5 Å². The van der Waals surface area contributed by atoms with Gasteiger partial charge in [-0.15, -0.1) is 11.3 Å². The summed E-state index contributed by atoms with van der Waals surface area (Å²) in [5.74, 6) is 0.648. The molecule has 148 valence electrons. The highest BCUT2D eigenvalue weighted by atomic mass is 32.2. The number of aryl methyl sites for hydroxylation is 1. The van der Waals surface area contributed by atoms with Gasteiger partial charge in [0.15, 0.2) is 5.76 Å². The first-order valence-corrected chi connectivity index (χ1v) is 11.5. The van der Waals surface area contributed by atoms with Crippen molar-refractivity contribution in [3.63, 3.8) is 0 Å². The predicted molar refractivity (Wildman–Crippen MR) is 108 cm³/mol. The van der Waals surface area contributed by atoms with Crippen LogP contribution in [0.25, 0.3) is 10.6 Å². The van der Waals surface area contributed by atoms with Crippen molar-refractivity contribution in [2.24, 2.45) is 0 Å². The Hall–Kier alpha value is -2.00. The van der Waals surface area contributed by atoms with Crippen molar-refractivity contribution in [3.05, 3.63) is 59.1 Å². The lowest BCUT2D eigenvalue weighted by Gasteiger charge is -2.24. The minimum absolute atomic E-state index is 0.0936. The lowest BCUT2D eigenvalue weighted by atomic mass is 10.2. The standard InChI is InChI=1S/C20H22N2O4S2/c1-15-6-8-18(9-7-15)28(23,24)22(14-17-4-2-10-25-17)13-16-12-19(26-21-16)20-5-3-11-27-20/h3,5-9,11-12,17H,2,4,10,13-14H2,1H3/t17-/m1/s1.